The molecular weight excluding hydrogens is 372 g/mol. The lowest BCUT2D eigenvalue weighted by Crippen LogP contribution is -2.37. The number of carbonyl (C=O) groups excluding carboxylic acids is 1. The lowest BCUT2D eigenvalue weighted by molar-refractivity contribution is -0.129. The highest BCUT2D eigenvalue weighted by molar-refractivity contribution is 8.01. The largest absolute Gasteiger partial charge is 0.493 e. The van der Waals surface area contributed by atoms with E-state index in [2.05, 4.69) is 15.5 Å². The van der Waals surface area contributed by atoms with E-state index < -0.39 is 0 Å². The van der Waals surface area contributed by atoms with E-state index in [1.807, 2.05) is 24.0 Å². The number of amides is 1. The number of ether oxygens (including phenoxy) is 2. The number of aromatic nitrogens is 2. The number of anilines is 1. The predicted octanol–water partition coefficient (Wildman–Crippen LogP) is 2.66. The molecule has 1 aliphatic heterocycles. The molecule has 0 radical (unpaired) electrons. The third kappa shape index (κ3) is 4.21. The van der Waals surface area contributed by atoms with Crippen molar-refractivity contribution in [3.05, 3.63) is 23.3 Å². The van der Waals surface area contributed by atoms with Crippen LogP contribution in [0.4, 0.5) is 5.13 Å². The van der Waals surface area contributed by atoms with Gasteiger partial charge in [0.1, 0.15) is 0 Å². The molecule has 0 saturated heterocycles. The summed E-state index contributed by atoms with van der Waals surface area (Å²) >= 11 is 2.91. The number of nitrogens with one attached hydrogen (secondary N) is 1. The summed E-state index contributed by atoms with van der Waals surface area (Å²) < 4.78 is 11.5. The van der Waals surface area contributed by atoms with Gasteiger partial charge in [0.25, 0.3) is 0 Å². The Morgan fingerprint density at radius 3 is 2.69 bits per heavy atom. The maximum absolute atomic E-state index is 12.6. The molecule has 9 heteroatoms. The number of carbonyl (C=O) groups is 1. The Bertz CT molecular complexity index is 781. The Balaban J connectivity index is 1.61. The fraction of sp³-hybridized carbons (Fsp3) is 0.471. The molecule has 1 amide bonds. The van der Waals surface area contributed by atoms with E-state index in [4.69, 9.17) is 9.47 Å². The second-order valence-electron chi connectivity index (χ2n) is 5.73. The molecular formula is C17H22N4O3S2. The molecule has 140 valence electrons. The van der Waals surface area contributed by atoms with Crippen LogP contribution in [0.1, 0.15) is 18.1 Å². The van der Waals surface area contributed by atoms with Gasteiger partial charge in [0.15, 0.2) is 15.8 Å². The first-order chi connectivity index (χ1) is 12.6. The first-order valence-electron chi connectivity index (χ1n) is 8.36. The second kappa shape index (κ2) is 8.59. The molecule has 0 aliphatic carbocycles. The topological polar surface area (TPSA) is 76.6 Å². The summed E-state index contributed by atoms with van der Waals surface area (Å²) in [4.78, 5) is 14.5. The van der Waals surface area contributed by atoms with Crippen molar-refractivity contribution in [2.24, 2.45) is 0 Å². The predicted molar refractivity (Wildman–Crippen MR) is 103 cm³/mol. The zero-order valence-electron chi connectivity index (χ0n) is 15.1. The number of fused-ring (bicyclic) bond motifs is 1. The van der Waals surface area contributed by atoms with Gasteiger partial charge in [-0.15, -0.1) is 10.2 Å². The van der Waals surface area contributed by atoms with Gasteiger partial charge in [-0.05, 0) is 36.6 Å². The van der Waals surface area contributed by atoms with Crippen LogP contribution in [0.3, 0.4) is 0 Å². The van der Waals surface area contributed by atoms with Crippen LogP contribution in [-0.4, -0.2) is 54.1 Å². The second-order valence-corrected chi connectivity index (χ2v) is 7.93. The number of benzene rings is 1. The van der Waals surface area contributed by atoms with Crippen LogP contribution in [0.5, 0.6) is 11.5 Å². The van der Waals surface area contributed by atoms with Crippen molar-refractivity contribution < 1.29 is 14.3 Å². The summed E-state index contributed by atoms with van der Waals surface area (Å²) in [5.41, 5.74) is 2.32. The summed E-state index contributed by atoms with van der Waals surface area (Å²) in [5.74, 6) is 1.90. The third-order valence-electron chi connectivity index (χ3n) is 4.12. The summed E-state index contributed by atoms with van der Waals surface area (Å²) in [7, 11) is 3.26. The molecule has 2 aromatic rings. The van der Waals surface area contributed by atoms with E-state index in [-0.39, 0.29) is 5.91 Å². The quantitative estimate of drug-likeness (QED) is 0.724. The molecule has 7 nitrogen and oxygen atoms in total. The Morgan fingerprint density at radius 2 is 2.00 bits per heavy atom. The van der Waals surface area contributed by atoms with Gasteiger partial charge in [-0.25, -0.2) is 0 Å². The standard InChI is InChI=1S/C17H22N4O3S2/c1-4-18-16-19-20-17(26-16)25-10-15(22)21-6-5-11-7-13(23-2)14(24-3)8-12(11)9-21/h7-8H,4-6,9-10H2,1-3H3,(H,18,19). The van der Waals surface area contributed by atoms with E-state index >= 15 is 0 Å². The Labute approximate surface area is 161 Å². The Hall–Kier alpha value is -2.00. The molecule has 1 N–H and O–H groups in total. The van der Waals surface area contributed by atoms with Crippen molar-refractivity contribution >= 4 is 34.1 Å². The molecule has 0 bridgehead atoms. The maximum atomic E-state index is 12.6. The number of rotatable bonds is 7. The number of hydrogen-bond acceptors (Lipinski definition) is 8. The van der Waals surface area contributed by atoms with Gasteiger partial charge in [0.05, 0.1) is 20.0 Å². The van der Waals surface area contributed by atoms with Crippen molar-refractivity contribution in [1.29, 1.82) is 0 Å². The van der Waals surface area contributed by atoms with Crippen LogP contribution < -0.4 is 14.8 Å². The Kier molecular flexibility index (Phi) is 6.20. The average molecular weight is 395 g/mol. The van der Waals surface area contributed by atoms with E-state index in [0.29, 0.717) is 24.6 Å². The minimum Gasteiger partial charge on any atom is -0.493 e. The lowest BCUT2D eigenvalue weighted by Gasteiger charge is -2.29. The molecule has 1 aromatic heterocycles. The van der Waals surface area contributed by atoms with Crippen molar-refractivity contribution in [3.8, 4) is 11.5 Å². The van der Waals surface area contributed by atoms with Gasteiger partial charge < -0.3 is 19.7 Å². The van der Waals surface area contributed by atoms with Crippen molar-refractivity contribution in [1.82, 2.24) is 15.1 Å². The van der Waals surface area contributed by atoms with Crippen molar-refractivity contribution in [3.63, 3.8) is 0 Å². The maximum Gasteiger partial charge on any atom is 0.233 e. The number of hydrogen-bond donors (Lipinski definition) is 1. The van der Waals surface area contributed by atoms with Crippen LogP contribution in [-0.2, 0) is 17.8 Å². The molecule has 3 rings (SSSR count). The highest BCUT2D eigenvalue weighted by Crippen LogP contribution is 2.33. The summed E-state index contributed by atoms with van der Waals surface area (Å²) in [6, 6.07) is 3.97. The van der Waals surface area contributed by atoms with Gasteiger partial charge in [-0.1, -0.05) is 23.1 Å². The molecule has 0 atom stereocenters. The van der Waals surface area contributed by atoms with Crippen LogP contribution in [0, 0.1) is 0 Å². The first-order valence-corrected chi connectivity index (χ1v) is 10.2. The highest BCUT2D eigenvalue weighted by atomic mass is 32.2. The molecule has 26 heavy (non-hydrogen) atoms. The minimum absolute atomic E-state index is 0.107. The zero-order chi connectivity index (χ0) is 18.5. The smallest absolute Gasteiger partial charge is 0.233 e. The normalized spacial score (nSPS) is 13.3. The van der Waals surface area contributed by atoms with Crippen LogP contribution in [0.25, 0.3) is 0 Å². The van der Waals surface area contributed by atoms with Gasteiger partial charge in [-0.2, -0.15) is 0 Å². The average Bonchev–Trinajstić information content (AvgIpc) is 3.12. The van der Waals surface area contributed by atoms with E-state index in [9.17, 15) is 4.79 Å². The van der Waals surface area contributed by atoms with Crippen molar-refractivity contribution in [2.45, 2.75) is 24.2 Å². The zero-order valence-corrected chi connectivity index (χ0v) is 16.7. The van der Waals surface area contributed by atoms with Crippen LogP contribution in [0.2, 0.25) is 0 Å². The summed E-state index contributed by atoms with van der Waals surface area (Å²) in [6.45, 7) is 4.12. The molecule has 0 fully saturated rings. The van der Waals surface area contributed by atoms with Crippen LogP contribution in [0.15, 0.2) is 16.5 Å². The molecule has 0 saturated carbocycles. The van der Waals surface area contributed by atoms with Gasteiger partial charge in [-0.3, -0.25) is 4.79 Å². The first kappa shape index (κ1) is 18.8. The van der Waals surface area contributed by atoms with Gasteiger partial charge in [0.2, 0.25) is 11.0 Å². The number of nitrogens with zero attached hydrogens (tertiary/aromatic N) is 3. The van der Waals surface area contributed by atoms with Gasteiger partial charge in [0, 0.05) is 19.6 Å². The van der Waals surface area contributed by atoms with E-state index in [1.54, 1.807) is 14.2 Å². The van der Waals surface area contributed by atoms with Crippen LogP contribution >= 0.6 is 23.1 Å². The molecule has 0 unspecified atom stereocenters. The van der Waals surface area contributed by atoms with Crippen molar-refractivity contribution in [2.75, 3.05) is 38.4 Å². The fourth-order valence-electron chi connectivity index (χ4n) is 2.80. The highest BCUT2D eigenvalue weighted by Gasteiger charge is 2.23. The third-order valence-corrected chi connectivity index (χ3v) is 6.12. The number of methoxy groups -OCH3 is 2. The summed E-state index contributed by atoms with van der Waals surface area (Å²) in [6.07, 6.45) is 0.815. The molecule has 2 heterocycles. The molecule has 1 aromatic carbocycles. The Morgan fingerprint density at radius 1 is 1.27 bits per heavy atom. The van der Waals surface area contributed by atoms with E-state index in [0.717, 1.165) is 33.7 Å². The SMILES string of the molecule is CCNc1nnc(SCC(=O)N2CCc3cc(OC)c(OC)cc3C2)s1. The minimum atomic E-state index is 0.107. The van der Waals surface area contributed by atoms with Gasteiger partial charge >= 0.3 is 0 Å². The lowest BCUT2D eigenvalue weighted by atomic mass is 9.99. The monoisotopic (exact) mass is 394 g/mol. The summed E-state index contributed by atoms with van der Waals surface area (Å²) in [5, 5.41) is 12.1. The fourth-order valence-corrected chi connectivity index (χ4v) is 4.52. The van der Waals surface area contributed by atoms with E-state index in [1.165, 1.54) is 28.7 Å². The molecule has 1 aliphatic rings. The number of thioether (sulfide) groups is 1. The molecule has 0 spiro atoms.